The van der Waals surface area contributed by atoms with E-state index in [0.29, 0.717) is 0 Å². The quantitative estimate of drug-likeness (QED) is 0.699. The molecule has 2 amide bonds. The molecule has 1 aromatic rings. The first kappa shape index (κ1) is 22.7. The van der Waals surface area contributed by atoms with Gasteiger partial charge in [0, 0.05) is 39.2 Å². The van der Waals surface area contributed by atoms with Crippen LogP contribution < -0.4 is 5.32 Å². The van der Waals surface area contributed by atoms with E-state index in [9.17, 15) is 14.7 Å². The number of likely N-dealkylation sites (N-methyl/N-ethyl adjacent to an activating group) is 1. The smallest absolute Gasteiger partial charge is 0.248 e. The Balaban J connectivity index is 1.75. The fourth-order valence-corrected chi connectivity index (χ4v) is 4.52. The number of nitrogens with one attached hydrogen (secondary N) is 1. The van der Waals surface area contributed by atoms with Crippen molar-refractivity contribution in [1.82, 2.24) is 30.1 Å². The summed E-state index contributed by atoms with van der Waals surface area (Å²) < 4.78 is 1.64. The topological polar surface area (TPSA) is 104 Å². The molecule has 30 heavy (non-hydrogen) atoms. The maximum Gasteiger partial charge on any atom is 0.248 e. The molecule has 2 aliphatic rings. The van der Waals surface area contributed by atoms with E-state index >= 15 is 0 Å². The van der Waals surface area contributed by atoms with Gasteiger partial charge in [0.1, 0.15) is 12.1 Å². The minimum absolute atomic E-state index is 0.153. The summed E-state index contributed by atoms with van der Waals surface area (Å²) in [6.07, 6.45) is 6.02. The normalized spacial score (nSPS) is 24.1. The van der Waals surface area contributed by atoms with Crippen molar-refractivity contribution in [2.24, 2.45) is 5.41 Å². The zero-order chi connectivity index (χ0) is 21.9. The molecule has 9 nitrogen and oxygen atoms in total. The van der Waals surface area contributed by atoms with E-state index in [1.165, 1.54) is 24.2 Å². The fourth-order valence-electron chi connectivity index (χ4n) is 4.52. The fraction of sp³-hybridized carbons (Fsp3) is 0.810. The highest BCUT2D eigenvalue weighted by atomic mass is 16.3. The average molecular weight is 421 g/mol. The molecule has 2 fully saturated rings. The summed E-state index contributed by atoms with van der Waals surface area (Å²) >= 11 is 0. The first-order valence-electron chi connectivity index (χ1n) is 11.0. The number of aromatic nitrogens is 3. The first-order valence-corrected chi connectivity index (χ1v) is 11.0. The van der Waals surface area contributed by atoms with E-state index in [4.69, 9.17) is 0 Å². The molecule has 0 spiro atoms. The van der Waals surface area contributed by atoms with Crippen LogP contribution in [0.15, 0.2) is 6.20 Å². The average Bonchev–Trinajstić information content (AvgIpc) is 3.32. The van der Waals surface area contributed by atoms with Crippen LogP contribution in [0, 0.1) is 5.41 Å². The summed E-state index contributed by atoms with van der Waals surface area (Å²) in [5, 5.41) is 21.3. The molecular formula is C21H36N6O3. The Morgan fingerprint density at radius 2 is 1.97 bits per heavy atom. The maximum absolute atomic E-state index is 13.5. The van der Waals surface area contributed by atoms with Gasteiger partial charge >= 0.3 is 0 Å². The van der Waals surface area contributed by atoms with Crippen molar-refractivity contribution < 1.29 is 14.7 Å². The number of β-amino-alcohol motifs (C(OH)–C–C–N with tert-alkyl or cyclic N) is 1. The van der Waals surface area contributed by atoms with Crippen LogP contribution in [0.25, 0.3) is 0 Å². The van der Waals surface area contributed by atoms with Gasteiger partial charge in [-0.1, -0.05) is 32.4 Å². The van der Waals surface area contributed by atoms with Gasteiger partial charge in [0.2, 0.25) is 11.8 Å². The molecule has 168 valence electrons. The molecule has 3 rings (SSSR count). The number of amides is 2. The lowest BCUT2D eigenvalue weighted by Gasteiger charge is -2.34. The third-order valence-corrected chi connectivity index (χ3v) is 6.12. The Kier molecular flexibility index (Phi) is 7.13. The van der Waals surface area contributed by atoms with Crippen molar-refractivity contribution in [3.63, 3.8) is 0 Å². The lowest BCUT2D eigenvalue weighted by atomic mass is 9.85. The van der Waals surface area contributed by atoms with Gasteiger partial charge in [-0.25, -0.2) is 4.68 Å². The Bertz CT molecular complexity index is 737. The number of rotatable bonds is 6. The van der Waals surface area contributed by atoms with Crippen molar-refractivity contribution in [2.75, 3.05) is 33.2 Å². The van der Waals surface area contributed by atoms with Gasteiger partial charge in [-0.05, 0) is 31.3 Å². The van der Waals surface area contributed by atoms with E-state index in [1.807, 2.05) is 27.0 Å². The number of piperidine rings is 1. The Labute approximate surface area is 178 Å². The molecule has 0 bridgehead atoms. The van der Waals surface area contributed by atoms with Crippen molar-refractivity contribution in [2.45, 2.75) is 71.1 Å². The van der Waals surface area contributed by atoms with Crippen LogP contribution in [0.5, 0.6) is 0 Å². The van der Waals surface area contributed by atoms with Gasteiger partial charge < -0.3 is 20.2 Å². The Hall–Kier alpha value is -2.00. The van der Waals surface area contributed by atoms with Crippen LogP contribution >= 0.6 is 0 Å². The van der Waals surface area contributed by atoms with Crippen LogP contribution in [0.4, 0.5) is 0 Å². The van der Waals surface area contributed by atoms with Gasteiger partial charge in [-0.3, -0.25) is 9.59 Å². The molecule has 3 atom stereocenters. The van der Waals surface area contributed by atoms with E-state index in [0.717, 1.165) is 31.7 Å². The lowest BCUT2D eigenvalue weighted by Crippen LogP contribution is -2.49. The summed E-state index contributed by atoms with van der Waals surface area (Å²) in [6.45, 7) is 9.30. The number of carbonyl (C=O) groups is 2. The Morgan fingerprint density at radius 1 is 1.27 bits per heavy atom. The highest BCUT2D eigenvalue weighted by Gasteiger charge is 2.44. The second kappa shape index (κ2) is 9.43. The predicted molar refractivity (Wildman–Crippen MR) is 113 cm³/mol. The van der Waals surface area contributed by atoms with E-state index in [1.54, 1.807) is 11.7 Å². The van der Waals surface area contributed by atoms with Crippen LogP contribution in [-0.2, 0) is 16.0 Å². The summed E-state index contributed by atoms with van der Waals surface area (Å²) in [5.41, 5.74) is 0.433. The molecule has 9 heteroatoms. The minimum atomic E-state index is -0.701. The number of likely N-dealkylation sites (tertiary alicyclic amines) is 2. The number of aliphatic hydroxyl groups excluding tert-OH is 1. The third-order valence-electron chi connectivity index (χ3n) is 6.12. The summed E-state index contributed by atoms with van der Waals surface area (Å²) in [7, 11) is 1.54. The highest BCUT2D eigenvalue weighted by Crippen LogP contribution is 2.34. The number of aliphatic hydroxyl groups is 1. The molecule has 2 aliphatic heterocycles. The second-order valence-corrected chi connectivity index (χ2v) is 9.62. The number of nitrogens with zero attached hydrogens (tertiary/aromatic N) is 5. The first-order chi connectivity index (χ1) is 14.2. The maximum atomic E-state index is 13.5. The molecule has 0 aliphatic carbocycles. The van der Waals surface area contributed by atoms with Crippen LogP contribution in [-0.4, -0.2) is 87.1 Å². The largest absolute Gasteiger partial charge is 0.391 e. The molecule has 1 aromatic heterocycles. The molecule has 0 saturated carbocycles. The lowest BCUT2D eigenvalue weighted by molar-refractivity contribution is -0.144. The molecule has 3 heterocycles. The van der Waals surface area contributed by atoms with E-state index in [2.05, 4.69) is 20.5 Å². The molecule has 0 radical (unpaired) electrons. The van der Waals surface area contributed by atoms with E-state index < -0.39 is 23.6 Å². The minimum Gasteiger partial charge on any atom is -0.391 e. The number of hydrogen-bond acceptors (Lipinski definition) is 6. The number of hydrogen-bond donors (Lipinski definition) is 2. The zero-order valence-electron chi connectivity index (χ0n) is 18.7. The molecule has 2 saturated heterocycles. The van der Waals surface area contributed by atoms with Crippen LogP contribution in [0.1, 0.15) is 58.2 Å². The summed E-state index contributed by atoms with van der Waals surface area (Å²) in [6, 6.07) is -1.27. The van der Waals surface area contributed by atoms with Crippen molar-refractivity contribution in [1.29, 1.82) is 0 Å². The molecule has 2 unspecified atom stereocenters. The molecule has 0 aromatic carbocycles. The van der Waals surface area contributed by atoms with Gasteiger partial charge in [0.25, 0.3) is 0 Å². The summed E-state index contributed by atoms with van der Waals surface area (Å²) in [5.74, 6) is -0.464. The van der Waals surface area contributed by atoms with Crippen LogP contribution in [0.2, 0.25) is 0 Å². The summed E-state index contributed by atoms with van der Waals surface area (Å²) in [4.78, 5) is 29.7. The second-order valence-electron chi connectivity index (χ2n) is 9.62. The standard InChI is InChI=1S/C21H36N6O3/c1-21(2,3)18(20(30)26-14-16(28)12-17(26)19(29)22-4)27-13-15(23-24-27)8-11-25-9-6-5-7-10-25/h13,16-18,28H,5-12,14H2,1-4H3,(H,22,29)/t16?,17-,18?/m1/s1. The van der Waals surface area contributed by atoms with Gasteiger partial charge in [-0.2, -0.15) is 0 Å². The SMILES string of the molecule is CNC(=O)[C@H]1CC(O)CN1C(=O)C(n1cc(CCN2CCCCC2)nn1)C(C)(C)C. The van der Waals surface area contributed by atoms with E-state index in [-0.39, 0.29) is 24.8 Å². The Morgan fingerprint density at radius 3 is 2.60 bits per heavy atom. The van der Waals surface area contributed by atoms with Crippen molar-refractivity contribution >= 4 is 11.8 Å². The van der Waals surface area contributed by atoms with Gasteiger partial charge in [0.05, 0.1) is 11.8 Å². The predicted octanol–water partition coefficient (Wildman–Crippen LogP) is 0.602. The number of carbonyl (C=O) groups excluding carboxylic acids is 2. The third kappa shape index (κ3) is 5.18. The zero-order valence-corrected chi connectivity index (χ0v) is 18.7. The monoisotopic (exact) mass is 420 g/mol. The highest BCUT2D eigenvalue weighted by molar-refractivity contribution is 5.90. The molecule has 2 N–H and O–H groups in total. The van der Waals surface area contributed by atoms with Gasteiger partial charge in [-0.15, -0.1) is 5.10 Å². The van der Waals surface area contributed by atoms with Crippen LogP contribution in [0.3, 0.4) is 0 Å². The van der Waals surface area contributed by atoms with Crippen molar-refractivity contribution in [3.05, 3.63) is 11.9 Å². The van der Waals surface area contributed by atoms with Crippen molar-refractivity contribution in [3.8, 4) is 0 Å². The molecular weight excluding hydrogens is 384 g/mol. The van der Waals surface area contributed by atoms with Gasteiger partial charge in [0.15, 0.2) is 0 Å².